The highest BCUT2D eigenvalue weighted by Gasteiger charge is 2.33. The maximum absolute atomic E-state index is 9.52. The summed E-state index contributed by atoms with van der Waals surface area (Å²) in [7, 11) is 2.21. The third-order valence-corrected chi connectivity index (χ3v) is 5.95. The lowest BCUT2D eigenvalue weighted by Crippen LogP contribution is -2.58. The zero-order chi connectivity index (χ0) is 16.9. The van der Waals surface area contributed by atoms with Gasteiger partial charge >= 0.3 is 0 Å². The predicted molar refractivity (Wildman–Crippen MR) is 99.4 cm³/mol. The maximum atomic E-state index is 9.52. The maximum Gasteiger partial charge on any atom is 0.0451 e. The minimum absolute atomic E-state index is 0.272. The Balaban J connectivity index is 1.61. The molecule has 0 saturated carbocycles. The average Bonchev–Trinajstić information content (AvgIpc) is 2.59. The van der Waals surface area contributed by atoms with Crippen molar-refractivity contribution >= 4 is 11.6 Å². The van der Waals surface area contributed by atoms with E-state index in [2.05, 4.69) is 33.9 Å². The molecule has 4 nitrogen and oxygen atoms in total. The minimum atomic E-state index is 0.272. The molecule has 2 saturated heterocycles. The Morgan fingerprint density at radius 1 is 1.12 bits per heavy atom. The molecule has 1 unspecified atom stereocenters. The Kier molecular flexibility index (Phi) is 6.53. The van der Waals surface area contributed by atoms with Crippen LogP contribution in [0.4, 0.5) is 0 Å². The molecule has 1 atom stereocenters. The summed E-state index contributed by atoms with van der Waals surface area (Å²) < 4.78 is 0. The van der Waals surface area contributed by atoms with Crippen molar-refractivity contribution in [2.75, 3.05) is 46.4 Å². The molecule has 5 heteroatoms. The van der Waals surface area contributed by atoms with Crippen molar-refractivity contribution < 1.29 is 5.11 Å². The van der Waals surface area contributed by atoms with Crippen LogP contribution in [0, 0.1) is 0 Å². The number of aliphatic hydroxyl groups excluding tert-OH is 1. The van der Waals surface area contributed by atoms with Gasteiger partial charge in [-0.15, -0.1) is 0 Å². The van der Waals surface area contributed by atoms with Gasteiger partial charge in [0.05, 0.1) is 0 Å². The number of halogens is 1. The van der Waals surface area contributed by atoms with Crippen LogP contribution in [0.3, 0.4) is 0 Å². The van der Waals surface area contributed by atoms with Gasteiger partial charge in [0.25, 0.3) is 0 Å². The monoisotopic (exact) mass is 351 g/mol. The molecule has 134 valence electrons. The fraction of sp³-hybridized carbons (Fsp3) is 0.684. The second kappa shape index (κ2) is 8.63. The first-order valence-corrected chi connectivity index (χ1v) is 9.56. The molecule has 2 aliphatic rings. The van der Waals surface area contributed by atoms with Gasteiger partial charge in [-0.25, -0.2) is 0 Å². The lowest BCUT2D eigenvalue weighted by Gasteiger charge is -2.47. The Labute approximate surface area is 151 Å². The van der Waals surface area contributed by atoms with Crippen LogP contribution in [0.25, 0.3) is 0 Å². The summed E-state index contributed by atoms with van der Waals surface area (Å²) in [5, 5.41) is 10.4. The van der Waals surface area contributed by atoms with E-state index < -0.39 is 0 Å². The van der Waals surface area contributed by atoms with Crippen LogP contribution in [-0.4, -0.2) is 78.3 Å². The first kappa shape index (κ1) is 18.2. The van der Waals surface area contributed by atoms with Crippen molar-refractivity contribution in [3.05, 3.63) is 34.9 Å². The number of hydrogen-bond donors (Lipinski definition) is 1. The van der Waals surface area contributed by atoms with E-state index in [0.717, 1.165) is 37.6 Å². The van der Waals surface area contributed by atoms with E-state index in [-0.39, 0.29) is 6.61 Å². The van der Waals surface area contributed by atoms with E-state index in [4.69, 9.17) is 11.6 Å². The molecule has 0 spiro atoms. The van der Waals surface area contributed by atoms with Crippen LogP contribution >= 0.6 is 11.6 Å². The molecule has 0 radical (unpaired) electrons. The number of aliphatic hydroxyl groups is 1. The molecule has 1 aromatic carbocycles. The quantitative estimate of drug-likeness (QED) is 0.881. The van der Waals surface area contributed by atoms with Crippen molar-refractivity contribution in [2.24, 2.45) is 0 Å². The molecule has 2 aliphatic heterocycles. The van der Waals surface area contributed by atoms with Gasteiger partial charge in [0.2, 0.25) is 0 Å². The Morgan fingerprint density at radius 2 is 1.88 bits per heavy atom. The van der Waals surface area contributed by atoms with Gasteiger partial charge in [-0.3, -0.25) is 9.80 Å². The molecule has 2 fully saturated rings. The van der Waals surface area contributed by atoms with Gasteiger partial charge < -0.3 is 10.0 Å². The van der Waals surface area contributed by atoms with Crippen LogP contribution in [-0.2, 0) is 6.54 Å². The van der Waals surface area contributed by atoms with Crippen molar-refractivity contribution in [3.63, 3.8) is 0 Å². The Hall–Kier alpha value is -0.650. The lowest BCUT2D eigenvalue weighted by atomic mass is 9.98. The largest absolute Gasteiger partial charge is 0.396 e. The van der Waals surface area contributed by atoms with Gasteiger partial charge in [0.1, 0.15) is 0 Å². The van der Waals surface area contributed by atoms with Gasteiger partial charge in [-0.1, -0.05) is 29.8 Å². The molecule has 3 rings (SSSR count). The summed E-state index contributed by atoms with van der Waals surface area (Å²) in [5.74, 6) is 0. The fourth-order valence-electron chi connectivity index (χ4n) is 4.16. The number of rotatable bonds is 5. The van der Waals surface area contributed by atoms with Crippen molar-refractivity contribution in [1.82, 2.24) is 14.7 Å². The summed E-state index contributed by atoms with van der Waals surface area (Å²) >= 11 is 6.32. The highest BCUT2D eigenvalue weighted by atomic mass is 35.5. The zero-order valence-corrected chi connectivity index (χ0v) is 15.5. The number of hydrogen-bond acceptors (Lipinski definition) is 4. The van der Waals surface area contributed by atoms with Crippen molar-refractivity contribution in [1.29, 1.82) is 0 Å². The molecule has 1 N–H and O–H groups in total. The van der Waals surface area contributed by atoms with E-state index in [1.54, 1.807) is 0 Å². The normalized spacial score (nSPS) is 25.2. The highest BCUT2D eigenvalue weighted by Crippen LogP contribution is 2.25. The molecule has 24 heavy (non-hydrogen) atoms. The van der Waals surface area contributed by atoms with E-state index in [1.165, 1.54) is 31.5 Å². The fourth-order valence-corrected chi connectivity index (χ4v) is 4.35. The Morgan fingerprint density at radius 3 is 2.58 bits per heavy atom. The third kappa shape index (κ3) is 4.50. The summed E-state index contributed by atoms with van der Waals surface area (Å²) in [6.45, 7) is 6.77. The van der Waals surface area contributed by atoms with E-state index >= 15 is 0 Å². The zero-order valence-electron chi connectivity index (χ0n) is 14.7. The molecule has 0 amide bonds. The van der Waals surface area contributed by atoms with Crippen LogP contribution in [0.2, 0.25) is 5.02 Å². The molecular formula is C19H30ClN3O. The molecule has 0 aliphatic carbocycles. The van der Waals surface area contributed by atoms with Gasteiger partial charge in [-0.05, 0) is 51.0 Å². The van der Waals surface area contributed by atoms with Crippen molar-refractivity contribution in [2.45, 2.75) is 37.9 Å². The lowest BCUT2D eigenvalue weighted by molar-refractivity contribution is 0.00600. The first-order valence-electron chi connectivity index (χ1n) is 9.18. The van der Waals surface area contributed by atoms with Crippen molar-refractivity contribution in [3.8, 4) is 0 Å². The highest BCUT2D eigenvalue weighted by molar-refractivity contribution is 6.31. The van der Waals surface area contributed by atoms with E-state index in [0.29, 0.717) is 12.1 Å². The van der Waals surface area contributed by atoms with Crippen LogP contribution in [0.5, 0.6) is 0 Å². The number of piperazine rings is 1. The third-order valence-electron chi connectivity index (χ3n) is 5.58. The number of likely N-dealkylation sites (tertiary alicyclic amines) is 1. The number of nitrogens with zero attached hydrogens (tertiary/aromatic N) is 3. The summed E-state index contributed by atoms with van der Waals surface area (Å²) in [5.41, 5.74) is 1.20. The minimum Gasteiger partial charge on any atom is -0.396 e. The standard InChI is InChI=1S/C19H30ClN3O/c1-21-9-6-17(7-10-21)23-12-11-22(15-18(23)8-13-24)14-16-4-2-3-5-19(16)20/h2-5,17-18,24H,6-15H2,1H3. The second-order valence-corrected chi connectivity index (χ2v) is 7.67. The van der Waals surface area contributed by atoms with Crippen LogP contribution < -0.4 is 0 Å². The first-order chi connectivity index (χ1) is 11.7. The molecule has 1 aromatic rings. The topological polar surface area (TPSA) is 30.0 Å². The van der Waals surface area contributed by atoms with Crippen LogP contribution in [0.15, 0.2) is 24.3 Å². The number of benzene rings is 1. The van der Waals surface area contributed by atoms with E-state index in [9.17, 15) is 5.11 Å². The summed E-state index contributed by atoms with van der Waals surface area (Å²) in [6.07, 6.45) is 3.37. The smallest absolute Gasteiger partial charge is 0.0451 e. The molecule has 2 heterocycles. The summed E-state index contributed by atoms with van der Waals surface area (Å²) in [6, 6.07) is 9.27. The molecule has 0 bridgehead atoms. The predicted octanol–water partition coefficient (Wildman–Crippen LogP) is 2.30. The molecular weight excluding hydrogens is 322 g/mol. The SMILES string of the molecule is CN1CCC(N2CCN(Cc3ccccc3Cl)CC2CCO)CC1. The van der Waals surface area contributed by atoms with E-state index in [1.807, 2.05) is 12.1 Å². The average molecular weight is 352 g/mol. The Bertz CT molecular complexity index is 519. The van der Waals surface area contributed by atoms with Crippen LogP contribution in [0.1, 0.15) is 24.8 Å². The van der Waals surface area contributed by atoms with Gasteiger partial charge in [-0.2, -0.15) is 0 Å². The van der Waals surface area contributed by atoms with Gasteiger partial charge in [0.15, 0.2) is 0 Å². The molecule has 0 aromatic heterocycles. The second-order valence-electron chi connectivity index (χ2n) is 7.26. The summed E-state index contributed by atoms with van der Waals surface area (Å²) in [4.78, 5) is 7.59. The number of piperidine rings is 1. The van der Waals surface area contributed by atoms with Gasteiger partial charge in [0, 0.05) is 49.9 Å².